The number of amides is 1. The van der Waals surface area contributed by atoms with Crippen LogP contribution in [-0.2, 0) is 15.9 Å². The Hall–Kier alpha value is -2.96. The Bertz CT molecular complexity index is 864. The fourth-order valence-electron chi connectivity index (χ4n) is 2.71. The summed E-state index contributed by atoms with van der Waals surface area (Å²) >= 11 is 0. The van der Waals surface area contributed by atoms with E-state index in [4.69, 9.17) is 4.65 Å². The van der Waals surface area contributed by atoms with Crippen LogP contribution in [-0.4, -0.2) is 19.6 Å². The molecule has 4 nitrogen and oxygen atoms in total. The molecule has 132 valence electrons. The first-order valence-electron chi connectivity index (χ1n) is 8.27. The average molecular weight is 354 g/mol. The molecular weight excluding hydrogens is 337 g/mol. The summed E-state index contributed by atoms with van der Waals surface area (Å²) in [5.41, 5.74) is 2.98. The lowest BCUT2D eigenvalue weighted by atomic mass is 10.1. The number of benzene rings is 2. The van der Waals surface area contributed by atoms with Gasteiger partial charge in [-0.3, -0.25) is 9.79 Å². The van der Waals surface area contributed by atoms with E-state index in [1.807, 2.05) is 24.3 Å². The van der Waals surface area contributed by atoms with E-state index >= 15 is 0 Å². The molecule has 26 heavy (non-hydrogen) atoms. The molecule has 0 fully saturated rings. The normalized spacial score (nSPS) is 14.0. The summed E-state index contributed by atoms with van der Waals surface area (Å²) in [5, 5.41) is 2.70. The van der Waals surface area contributed by atoms with Crippen LogP contribution in [0.25, 0.3) is 5.76 Å². The Labute approximate surface area is 150 Å². The lowest BCUT2D eigenvalue weighted by Gasteiger charge is -2.12. The molecule has 0 atom stereocenters. The summed E-state index contributed by atoms with van der Waals surface area (Å²) in [5.74, 6) is -0.351. The summed E-state index contributed by atoms with van der Waals surface area (Å²) in [6.45, 7) is 2.05. The highest BCUT2D eigenvalue weighted by molar-refractivity contribution is 6.36. The molecule has 1 aliphatic rings. The lowest BCUT2D eigenvalue weighted by Crippen LogP contribution is -2.11. The Kier molecular flexibility index (Phi) is 5.46. The molecule has 1 N–H and O–H groups in total. The van der Waals surface area contributed by atoms with Gasteiger partial charge in [0.1, 0.15) is 5.76 Å². The number of nitrogens with zero attached hydrogens (tertiary/aromatic N) is 1. The molecular formula is C19H17BF2N2O2. The monoisotopic (exact) mass is 354 g/mol. The minimum absolute atomic E-state index is 0.0390. The minimum Gasteiger partial charge on any atom is -0.504 e. The first kappa shape index (κ1) is 17.9. The largest absolute Gasteiger partial charge is 0.796 e. The highest BCUT2D eigenvalue weighted by atomic mass is 19.2. The summed E-state index contributed by atoms with van der Waals surface area (Å²) in [4.78, 5) is 16.5. The number of carbonyl (C=O) groups excluding carboxylic acids is 1. The second-order valence-electron chi connectivity index (χ2n) is 5.78. The zero-order valence-electron chi connectivity index (χ0n) is 14.2. The van der Waals surface area contributed by atoms with E-state index in [9.17, 15) is 13.4 Å². The third-order valence-electron chi connectivity index (χ3n) is 4.01. The van der Waals surface area contributed by atoms with Crippen LogP contribution in [0.4, 0.5) is 20.0 Å². The van der Waals surface area contributed by atoms with Crippen molar-refractivity contribution in [3.8, 4) is 0 Å². The van der Waals surface area contributed by atoms with E-state index in [0.717, 1.165) is 6.42 Å². The number of rotatable bonds is 5. The predicted octanol–water partition coefficient (Wildman–Crippen LogP) is 4.65. The second kappa shape index (κ2) is 7.95. The van der Waals surface area contributed by atoms with Gasteiger partial charge in [0, 0.05) is 17.4 Å². The molecule has 0 unspecified atom stereocenters. The molecule has 3 rings (SSSR count). The maximum Gasteiger partial charge on any atom is 0.796 e. The van der Waals surface area contributed by atoms with E-state index in [-0.39, 0.29) is 18.1 Å². The topological polar surface area (TPSA) is 50.7 Å². The fraction of sp³-hybridized carbons (Fsp3) is 0.158. The molecule has 2 aromatic rings. The SMILES string of the molecule is CCc1ccc(N=CC2=C(OB(F)F)c3ccccc3NC(=O)C2)cc1. The van der Waals surface area contributed by atoms with Crippen molar-refractivity contribution in [3.05, 3.63) is 65.2 Å². The smallest absolute Gasteiger partial charge is 0.504 e. The van der Waals surface area contributed by atoms with Crippen molar-refractivity contribution in [1.82, 2.24) is 0 Å². The first-order valence-corrected chi connectivity index (χ1v) is 8.27. The van der Waals surface area contributed by atoms with Crippen LogP contribution >= 0.6 is 0 Å². The van der Waals surface area contributed by atoms with E-state index in [1.54, 1.807) is 24.3 Å². The number of hydrogen-bond donors (Lipinski definition) is 1. The van der Waals surface area contributed by atoms with Crippen molar-refractivity contribution < 1.29 is 18.1 Å². The van der Waals surface area contributed by atoms with Crippen LogP contribution in [0.5, 0.6) is 0 Å². The number of aryl methyl sites for hydroxylation is 1. The molecule has 1 aliphatic heterocycles. The maximum atomic E-state index is 13.0. The number of para-hydroxylation sites is 1. The van der Waals surface area contributed by atoms with Crippen molar-refractivity contribution >= 4 is 36.7 Å². The number of anilines is 1. The summed E-state index contributed by atoms with van der Waals surface area (Å²) in [6, 6.07) is 14.3. The van der Waals surface area contributed by atoms with Gasteiger partial charge in [-0.05, 0) is 36.2 Å². The van der Waals surface area contributed by atoms with E-state index in [1.165, 1.54) is 11.8 Å². The van der Waals surface area contributed by atoms with Gasteiger partial charge < -0.3 is 9.97 Å². The van der Waals surface area contributed by atoms with Gasteiger partial charge in [0.15, 0.2) is 0 Å². The molecule has 0 aliphatic carbocycles. The predicted molar refractivity (Wildman–Crippen MR) is 99.6 cm³/mol. The van der Waals surface area contributed by atoms with Gasteiger partial charge in [0.2, 0.25) is 5.91 Å². The Balaban J connectivity index is 2.02. The van der Waals surface area contributed by atoms with Gasteiger partial charge >= 0.3 is 7.47 Å². The molecule has 1 amide bonds. The number of aliphatic imine (C=N–C) groups is 1. The molecule has 2 aromatic carbocycles. The third kappa shape index (κ3) is 4.17. The highest BCUT2D eigenvalue weighted by Crippen LogP contribution is 2.32. The van der Waals surface area contributed by atoms with Crippen LogP contribution in [0.3, 0.4) is 0 Å². The molecule has 1 heterocycles. The van der Waals surface area contributed by atoms with Crippen molar-refractivity contribution in [1.29, 1.82) is 0 Å². The number of carbonyl (C=O) groups is 1. The zero-order valence-corrected chi connectivity index (χ0v) is 14.2. The van der Waals surface area contributed by atoms with Crippen molar-refractivity contribution in [2.75, 3.05) is 5.32 Å². The average Bonchev–Trinajstić information content (AvgIpc) is 2.76. The fourth-order valence-corrected chi connectivity index (χ4v) is 2.71. The van der Waals surface area contributed by atoms with Gasteiger partial charge in [-0.15, -0.1) is 0 Å². The van der Waals surface area contributed by atoms with E-state index in [2.05, 4.69) is 17.2 Å². The van der Waals surface area contributed by atoms with E-state index in [0.29, 0.717) is 22.5 Å². The van der Waals surface area contributed by atoms with Crippen LogP contribution in [0.2, 0.25) is 0 Å². The summed E-state index contributed by atoms with van der Waals surface area (Å²) < 4.78 is 30.7. The molecule has 0 saturated carbocycles. The summed E-state index contributed by atoms with van der Waals surface area (Å²) in [6.07, 6.45) is 2.23. The van der Waals surface area contributed by atoms with Gasteiger partial charge in [-0.1, -0.05) is 31.2 Å². The van der Waals surface area contributed by atoms with Crippen LogP contribution in [0.15, 0.2) is 59.1 Å². The molecule has 0 saturated heterocycles. The molecule has 0 spiro atoms. The summed E-state index contributed by atoms with van der Waals surface area (Å²) in [7, 11) is -3.00. The molecule has 7 heteroatoms. The number of fused-ring (bicyclic) bond motifs is 1. The Morgan fingerprint density at radius 2 is 1.92 bits per heavy atom. The highest BCUT2D eigenvalue weighted by Gasteiger charge is 2.27. The van der Waals surface area contributed by atoms with E-state index < -0.39 is 7.47 Å². The minimum atomic E-state index is -3.00. The van der Waals surface area contributed by atoms with Crippen molar-refractivity contribution in [3.63, 3.8) is 0 Å². The standard InChI is InChI=1S/C19H17BF2N2O2/c1-2-13-7-9-15(10-8-13)23-12-14-11-18(25)24-17-6-4-3-5-16(17)19(14)26-20(21)22/h3-10,12H,2,11H2,1H3,(H,24,25). The Morgan fingerprint density at radius 3 is 2.62 bits per heavy atom. The molecule has 0 aromatic heterocycles. The van der Waals surface area contributed by atoms with Crippen LogP contribution in [0.1, 0.15) is 24.5 Å². The molecule has 0 bridgehead atoms. The lowest BCUT2D eigenvalue weighted by molar-refractivity contribution is -0.115. The van der Waals surface area contributed by atoms with Crippen LogP contribution < -0.4 is 5.32 Å². The third-order valence-corrected chi connectivity index (χ3v) is 4.01. The number of hydrogen-bond acceptors (Lipinski definition) is 3. The second-order valence-corrected chi connectivity index (χ2v) is 5.78. The van der Waals surface area contributed by atoms with Gasteiger partial charge in [0.05, 0.1) is 17.8 Å². The van der Waals surface area contributed by atoms with Crippen molar-refractivity contribution in [2.24, 2.45) is 4.99 Å². The van der Waals surface area contributed by atoms with Crippen LogP contribution in [0, 0.1) is 0 Å². The number of halogens is 2. The zero-order chi connectivity index (χ0) is 18.5. The number of nitrogens with one attached hydrogen (secondary N) is 1. The van der Waals surface area contributed by atoms with Gasteiger partial charge in [-0.25, -0.2) is 8.63 Å². The Morgan fingerprint density at radius 1 is 1.19 bits per heavy atom. The quantitative estimate of drug-likeness (QED) is 0.628. The van der Waals surface area contributed by atoms with Crippen molar-refractivity contribution in [2.45, 2.75) is 19.8 Å². The van der Waals surface area contributed by atoms with Gasteiger partial charge in [-0.2, -0.15) is 0 Å². The molecule has 0 radical (unpaired) electrons. The van der Waals surface area contributed by atoms with Gasteiger partial charge in [0.25, 0.3) is 0 Å². The maximum absolute atomic E-state index is 13.0. The first-order chi connectivity index (χ1) is 12.6.